The van der Waals surface area contributed by atoms with E-state index in [9.17, 15) is 0 Å². The van der Waals surface area contributed by atoms with E-state index in [1.165, 1.54) is 51.7 Å². The normalized spacial score (nSPS) is 37.0. The zero-order valence-electron chi connectivity index (χ0n) is 12.1. The fraction of sp³-hybridized carbons (Fsp3) is 1.00. The molecule has 0 amide bonds. The molecule has 3 nitrogen and oxygen atoms in total. The molecule has 2 fully saturated rings. The highest BCUT2D eigenvalue weighted by Gasteiger charge is 2.31. The lowest BCUT2D eigenvalue weighted by molar-refractivity contribution is 0.103. The van der Waals surface area contributed by atoms with Crippen molar-refractivity contribution in [2.45, 2.75) is 52.1 Å². The van der Waals surface area contributed by atoms with Crippen molar-refractivity contribution in [3.63, 3.8) is 0 Å². The zero-order valence-corrected chi connectivity index (χ0v) is 12.1. The van der Waals surface area contributed by atoms with Crippen LogP contribution in [-0.4, -0.2) is 38.9 Å². The maximum absolute atomic E-state index is 5.63. The fourth-order valence-corrected chi connectivity index (χ4v) is 3.58. The van der Waals surface area contributed by atoms with Gasteiger partial charge >= 0.3 is 0 Å². The lowest BCUT2D eigenvalue weighted by Crippen LogP contribution is -2.47. The summed E-state index contributed by atoms with van der Waals surface area (Å²) in [6.45, 7) is 10.2. The van der Waals surface area contributed by atoms with Crippen molar-refractivity contribution in [2.75, 3.05) is 32.8 Å². The van der Waals surface area contributed by atoms with E-state index >= 15 is 0 Å². The number of ether oxygens (including phenoxy) is 1. The van der Waals surface area contributed by atoms with Crippen LogP contribution in [0.15, 0.2) is 0 Å². The molecule has 0 spiro atoms. The van der Waals surface area contributed by atoms with Gasteiger partial charge in [-0.2, -0.15) is 0 Å². The molecule has 0 radical (unpaired) electrons. The molecule has 2 rings (SSSR count). The number of hydrogen-bond acceptors (Lipinski definition) is 3. The standard InChI is InChI=1S/C15H30N2O/c1-3-6-15(7-4-8-16-11-15)12-17-10-14-5-9-18-13(14)2/h13-14,16-17H,3-12H2,1-2H3. The molecule has 0 aliphatic carbocycles. The van der Waals surface area contributed by atoms with E-state index in [1.54, 1.807) is 0 Å². The zero-order chi connectivity index (χ0) is 12.8. The predicted octanol–water partition coefficient (Wildman–Crippen LogP) is 2.17. The quantitative estimate of drug-likeness (QED) is 0.762. The summed E-state index contributed by atoms with van der Waals surface area (Å²) in [5.74, 6) is 0.722. The number of nitrogens with one attached hydrogen (secondary N) is 2. The lowest BCUT2D eigenvalue weighted by Gasteiger charge is -2.38. The molecule has 2 saturated heterocycles. The Balaban J connectivity index is 1.75. The van der Waals surface area contributed by atoms with Gasteiger partial charge in [-0.3, -0.25) is 0 Å². The molecule has 106 valence electrons. The molecular weight excluding hydrogens is 224 g/mol. The van der Waals surface area contributed by atoms with E-state index in [2.05, 4.69) is 24.5 Å². The highest BCUT2D eigenvalue weighted by Crippen LogP contribution is 2.31. The van der Waals surface area contributed by atoms with Crippen LogP contribution in [0.3, 0.4) is 0 Å². The van der Waals surface area contributed by atoms with Gasteiger partial charge in [-0.25, -0.2) is 0 Å². The van der Waals surface area contributed by atoms with Gasteiger partial charge in [0.2, 0.25) is 0 Å². The third-order valence-corrected chi connectivity index (χ3v) is 4.78. The fourth-order valence-electron chi connectivity index (χ4n) is 3.58. The van der Waals surface area contributed by atoms with Crippen molar-refractivity contribution in [2.24, 2.45) is 11.3 Å². The summed E-state index contributed by atoms with van der Waals surface area (Å²) in [6.07, 6.45) is 7.05. The second-order valence-electron chi connectivity index (χ2n) is 6.29. The van der Waals surface area contributed by atoms with Crippen LogP contribution in [-0.2, 0) is 4.74 Å². The topological polar surface area (TPSA) is 33.3 Å². The molecular formula is C15H30N2O. The summed E-state index contributed by atoms with van der Waals surface area (Å²) in [5.41, 5.74) is 0.510. The molecule has 0 bridgehead atoms. The summed E-state index contributed by atoms with van der Waals surface area (Å²) in [6, 6.07) is 0. The van der Waals surface area contributed by atoms with Crippen LogP contribution in [0.1, 0.15) is 46.0 Å². The lowest BCUT2D eigenvalue weighted by atomic mass is 9.77. The molecule has 2 aliphatic rings. The minimum absolute atomic E-state index is 0.448. The van der Waals surface area contributed by atoms with Gasteiger partial charge in [0.1, 0.15) is 0 Å². The maximum atomic E-state index is 5.63. The maximum Gasteiger partial charge on any atom is 0.0588 e. The van der Waals surface area contributed by atoms with Crippen molar-refractivity contribution in [3.05, 3.63) is 0 Å². The summed E-state index contributed by atoms with van der Waals surface area (Å²) >= 11 is 0. The van der Waals surface area contributed by atoms with Gasteiger partial charge in [-0.05, 0) is 50.5 Å². The highest BCUT2D eigenvalue weighted by atomic mass is 16.5. The van der Waals surface area contributed by atoms with E-state index in [4.69, 9.17) is 4.74 Å². The molecule has 3 heteroatoms. The Morgan fingerprint density at radius 3 is 2.94 bits per heavy atom. The molecule has 0 saturated carbocycles. The second-order valence-corrected chi connectivity index (χ2v) is 6.29. The van der Waals surface area contributed by atoms with Gasteiger partial charge < -0.3 is 15.4 Å². The van der Waals surface area contributed by atoms with E-state index < -0.39 is 0 Å². The summed E-state index contributed by atoms with van der Waals surface area (Å²) in [4.78, 5) is 0. The average Bonchev–Trinajstić information content (AvgIpc) is 2.77. The smallest absolute Gasteiger partial charge is 0.0588 e. The van der Waals surface area contributed by atoms with Gasteiger partial charge in [-0.1, -0.05) is 13.3 Å². The van der Waals surface area contributed by atoms with E-state index in [-0.39, 0.29) is 0 Å². The third kappa shape index (κ3) is 3.69. The van der Waals surface area contributed by atoms with Crippen LogP contribution >= 0.6 is 0 Å². The first-order valence-corrected chi connectivity index (χ1v) is 7.79. The Morgan fingerprint density at radius 1 is 1.44 bits per heavy atom. The highest BCUT2D eigenvalue weighted by molar-refractivity contribution is 4.88. The number of rotatable bonds is 6. The second kappa shape index (κ2) is 6.88. The van der Waals surface area contributed by atoms with Crippen LogP contribution in [0.5, 0.6) is 0 Å². The molecule has 0 aromatic rings. The van der Waals surface area contributed by atoms with Gasteiger partial charge in [0, 0.05) is 26.2 Å². The van der Waals surface area contributed by atoms with Crippen LogP contribution in [0.4, 0.5) is 0 Å². The Labute approximate surface area is 112 Å². The summed E-state index contributed by atoms with van der Waals surface area (Å²) < 4.78 is 5.63. The Kier molecular flexibility index (Phi) is 5.46. The molecule has 18 heavy (non-hydrogen) atoms. The van der Waals surface area contributed by atoms with Crippen LogP contribution < -0.4 is 10.6 Å². The van der Waals surface area contributed by atoms with E-state index in [1.807, 2.05) is 0 Å². The molecule has 2 aliphatic heterocycles. The first-order chi connectivity index (χ1) is 8.76. The van der Waals surface area contributed by atoms with Gasteiger partial charge in [0.05, 0.1) is 6.10 Å². The first-order valence-electron chi connectivity index (χ1n) is 7.79. The monoisotopic (exact) mass is 254 g/mol. The van der Waals surface area contributed by atoms with Crippen LogP contribution in [0, 0.1) is 11.3 Å². The van der Waals surface area contributed by atoms with E-state index in [0.717, 1.165) is 19.1 Å². The van der Waals surface area contributed by atoms with Gasteiger partial charge in [0.15, 0.2) is 0 Å². The average molecular weight is 254 g/mol. The first kappa shape index (κ1) is 14.3. The van der Waals surface area contributed by atoms with Gasteiger partial charge in [0.25, 0.3) is 0 Å². The van der Waals surface area contributed by atoms with Crippen LogP contribution in [0.2, 0.25) is 0 Å². The summed E-state index contributed by atoms with van der Waals surface area (Å²) in [7, 11) is 0. The Bertz CT molecular complexity index is 233. The van der Waals surface area contributed by atoms with Crippen molar-refractivity contribution >= 4 is 0 Å². The minimum Gasteiger partial charge on any atom is -0.378 e. The molecule has 3 unspecified atom stereocenters. The Hall–Kier alpha value is -0.120. The molecule has 0 aromatic heterocycles. The minimum atomic E-state index is 0.448. The van der Waals surface area contributed by atoms with Crippen molar-refractivity contribution in [1.82, 2.24) is 10.6 Å². The SMILES string of the molecule is CCCC1(CNCC2CCOC2C)CCCNC1. The Morgan fingerprint density at radius 2 is 2.33 bits per heavy atom. The molecule has 3 atom stereocenters. The number of piperidine rings is 1. The van der Waals surface area contributed by atoms with Crippen molar-refractivity contribution < 1.29 is 4.74 Å². The molecule has 2 N–H and O–H groups in total. The van der Waals surface area contributed by atoms with Crippen molar-refractivity contribution in [1.29, 1.82) is 0 Å². The summed E-state index contributed by atoms with van der Waals surface area (Å²) in [5, 5.41) is 7.32. The van der Waals surface area contributed by atoms with Crippen LogP contribution in [0.25, 0.3) is 0 Å². The largest absolute Gasteiger partial charge is 0.378 e. The molecule has 0 aromatic carbocycles. The third-order valence-electron chi connectivity index (χ3n) is 4.78. The van der Waals surface area contributed by atoms with E-state index in [0.29, 0.717) is 11.5 Å². The number of hydrogen-bond donors (Lipinski definition) is 2. The predicted molar refractivity (Wildman–Crippen MR) is 75.8 cm³/mol. The van der Waals surface area contributed by atoms with Crippen molar-refractivity contribution in [3.8, 4) is 0 Å². The van der Waals surface area contributed by atoms with Gasteiger partial charge in [-0.15, -0.1) is 0 Å². The molecule has 2 heterocycles.